The molecule has 0 spiro atoms. The first-order valence-corrected chi connectivity index (χ1v) is 7.85. The third-order valence-electron chi connectivity index (χ3n) is 4.16. The molecule has 0 aromatic heterocycles. The number of rotatable bonds is 2. The molecule has 0 aromatic rings. The van der Waals surface area contributed by atoms with Gasteiger partial charge in [0.05, 0.1) is 12.6 Å². The summed E-state index contributed by atoms with van der Waals surface area (Å²) in [5.41, 5.74) is -0.603. The fraction of sp³-hybridized carbons (Fsp3) is 0.933. The zero-order valence-corrected chi connectivity index (χ0v) is 13.4. The van der Waals surface area contributed by atoms with Crippen molar-refractivity contribution in [3.63, 3.8) is 0 Å². The molecule has 2 rings (SSSR count). The van der Waals surface area contributed by atoms with E-state index in [2.05, 4.69) is 5.32 Å². The highest BCUT2D eigenvalue weighted by atomic mass is 19.3. The van der Waals surface area contributed by atoms with Crippen molar-refractivity contribution in [2.75, 3.05) is 13.1 Å². The molecule has 0 bridgehead atoms. The van der Waals surface area contributed by atoms with Gasteiger partial charge >= 0.3 is 6.09 Å². The number of halogens is 2. The van der Waals surface area contributed by atoms with Gasteiger partial charge in [0.1, 0.15) is 5.60 Å². The number of carbonyl (C=O) groups excluding carboxylic acids is 1. The van der Waals surface area contributed by atoms with Crippen molar-refractivity contribution in [3.05, 3.63) is 0 Å². The van der Waals surface area contributed by atoms with Crippen LogP contribution < -0.4 is 5.32 Å². The van der Waals surface area contributed by atoms with E-state index in [-0.39, 0.29) is 31.6 Å². The number of nitrogens with one attached hydrogen (secondary N) is 1. The second kappa shape index (κ2) is 6.28. The van der Waals surface area contributed by atoms with Crippen molar-refractivity contribution in [2.24, 2.45) is 0 Å². The van der Waals surface area contributed by atoms with Crippen LogP contribution in [0.15, 0.2) is 0 Å². The Balaban J connectivity index is 1.99. The highest BCUT2D eigenvalue weighted by molar-refractivity contribution is 5.68. The first-order valence-electron chi connectivity index (χ1n) is 7.85. The predicted molar refractivity (Wildman–Crippen MR) is 77.9 cm³/mol. The third kappa shape index (κ3) is 4.78. The molecule has 3 unspecified atom stereocenters. The Kier molecular flexibility index (Phi) is 4.96. The van der Waals surface area contributed by atoms with Crippen LogP contribution in [0.25, 0.3) is 0 Å². The molecule has 1 amide bonds. The van der Waals surface area contributed by atoms with Gasteiger partial charge in [-0.1, -0.05) is 0 Å². The van der Waals surface area contributed by atoms with Gasteiger partial charge in [0.25, 0.3) is 5.92 Å². The van der Waals surface area contributed by atoms with Crippen LogP contribution in [-0.4, -0.2) is 58.9 Å². The molecular formula is C15H26F2N2O3. The molecule has 1 saturated carbocycles. The molecule has 3 atom stereocenters. The number of alkyl halides is 2. The molecule has 7 heteroatoms. The summed E-state index contributed by atoms with van der Waals surface area (Å²) in [6, 6.07) is -0.545. The molecule has 5 nitrogen and oxygen atoms in total. The Morgan fingerprint density at radius 2 is 2.05 bits per heavy atom. The van der Waals surface area contributed by atoms with Gasteiger partial charge in [0, 0.05) is 25.0 Å². The fourth-order valence-electron chi connectivity index (χ4n) is 3.20. The smallest absolute Gasteiger partial charge is 0.407 e. The number of aliphatic hydroxyl groups is 1. The lowest BCUT2D eigenvalue weighted by atomic mass is 9.87. The van der Waals surface area contributed by atoms with Crippen molar-refractivity contribution in [1.29, 1.82) is 0 Å². The van der Waals surface area contributed by atoms with Gasteiger partial charge in [0.15, 0.2) is 0 Å². The minimum absolute atomic E-state index is 0.168. The molecule has 1 aliphatic carbocycles. The summed E-state index contributed by atoms with van der Waals surface area (Å²) >= 11 is 0. The van der Waals surface area contributed by atoms with Crippen LogP contribution in [-0.2, 0) is 4.74 Å². The number of likely N-dealkylation sites (tertiary alicyclic amines) is 1. The van der Waals surface area contributed by atoms with Crippen LogP contribution in [0.1, 0.15) is 46.5 Å². The summed E-state index contributed by atoms with van der Waals surface area (Å²) in [6.07, 6.45) is 0.310. The van der Waals surface area contributed by atoms with E-state index in [1.54, 1.807) is 25.7 Å². The van der Waals surface area contributed by atoms with Gasteiger partial charge in [-0.15, -0.1) is 0 Å². The minimum atomic E-state index is -2.68. The predicted octanol–water partition coefficient (Wildman–Crippen LogP) is 2.13. The molecule has 1 heterocycles. The third-order valence-corrected chi connectivity index (χ3v) is 4.16. The first-order chi connectivity index (χ1) is 10.1. The van der Waals surface area contributed by atoms with Crippen LogP contribution in [0.2, 0.25) is 0 Å². The molecule has 128 valence electrons. The van der Waals surface area contributed by atoms with E-state index in [4.69, 9.17) is 4.74 Å². The highest BCUT2D eigenvalue weighted by Crippen LogP contribution is 2.33. The zero-order chi connectivity index (χ0) is 16.5. The summed E-state index contributed by atoms with van der Waals surface area (Å²) in [4.78, 5) is 13.6. The lowest BCUT2D eigenvalue weighted by molar-refractivity contribution is -0.00806. The average Bonchev–Trinajstić information content (AvgIpc) is 2.69. The first kappa shape index (κ1) is 17.4. The average molecular weight is 320 g/mol. The second-order valence-corrected chi connectivity index (χ2v) is 7.36. The summed E-state index contributed by atoms with van der Waals surface area (Å²) < 4.78 is 32.1. The van der Waals surface area contributed by atoms with E-state index in [1.165, 1.54) is 0 Å². The molecule has 1 aliphatic heterocycles. The minimum Gasteiger partial charge on any atom is -0.444 e. The molecule has 0 aromatic carbocycles. The number of nitrogens with zero attached hydrogens (tertiary/aromatic N) is 1. The van der Waals surface area contributed by atoms with Gasteiger partial charge in [-0.25, -0.2) is 13.6 Å². The van der Waals surface area contributed by atoms with Crippen LogP contribution in [0.4, 0.5) is 13.6 Å². The fourth-order valence-corrected chi connectivity index (χ4v) is 3.20. The second-order valence-electron chi connectivity index (χ2n) is 7.36. The van der Waals surface area contributed by atoms with E-state index in [9.17, 15) is 18.7 Å². The summed E-state index contributed by atoms with van der Waals surface area (Å²) in [6.45, 7) is 5.30. The van der Waals surface area contributed by atoms with E-state index in [1.807, 2.05) is 0 Å². The molecule has 2 N–H and O–H groups in total. The summed E-state index contributed by atoms with van der Waals surface area (Å²) in [5, 5.41) is 12.6. The molecule has 0 radical (unpaired) electrons. The number of ether oxygens (including phenoxy) is 1. The standard InChI is InChI=1S/C15H26F2N2O3/c1-14(2,3)22-13(21)18-11-5-4-10(20)8-12(11)19-7-6-15(16,17)9-19/h10-12,20H,4-9H2,1-3H3,(H,18,21). The molecule has 22 heavy (non-hydrogen) atoms. The monoisotopic (exact) mass is 320 g/mol. The zero-order valence-electron chi connectivity index (χ0n) is 13.4. The molecule has 1 saturated heterocycles. The maximum absolute atomic E-state index is 13.4. The lowest BCUT2D eigenvalue weighted by Gasteiger charge is -2.40. The number of amides is 1. The van der Waals surface area contributed by atoms with E-state index in [0.717, 1.165) is 0 Å². The van der Waals surface area contributed by atoms with Crippen molar-refractivity contribution < 1.29 is 23.4 Å². The van der Waals surface area contributed by atoms with Crippen LogP contribution in [0.5, 0.6) is 0 Å². The Labute approximate surface area is 130 Å². The normalized spacial score (nSPS) is 32.7. The Morgan fingerprint density at radius 3 is 2.59 bits per heavy atom. The number of carbonyl (C=O) groups is 1. The van der Waals surface area contributed by atoms with Crippen molar-refractivity contribution in [1.82, 2.24) is 10.2 Å². The van der Waals surface area contributed by atoms with Gasteiger partial charge in [-0.2, -0.15) is 0 Å². The van der Waals surface area contributed by atoms with Crippen molar-refractivity contribution in [3.8, 4) is 0 Å². The number of hydrogen-bond acceptors (Lipinski definition) is 4. The Hall–Kier alpha value is -0.950. The summed E-state index contributed by atoms with van der Waals surface area (Å²) in [7, 11) is 0. The Bertz CT molecular complexity index is 412. The van der Waals surface area contributed by atoms with E-state index in [0.29, 0.717) is 19.3 Å². The van der Waals surface area contributed by atoms with Gasteiger partial charge < -0.3 is 15.2 Å². The van der Waals surface area contributed by atoms with Crippen molar-refractivity contribution >= 4 is 6.09 Å². The van der Waals surface area contributed by atoms with Gasteiger partial charge in [0.2, 0.25) is 0 Å². The van der Waals surface area contributed by atoms with Gasteiger partial charge in [-0.3, -0.25) is 4.90 Å². The molecular weight excluding hydrogens is 294 g/mol. The summed E-state index contributed by atoms with van der Waals surface area (Å²) in [5.74, 6) is -2.68. The molecule has 2 fully saturated rings. The highest BCUT2D eigenvalue weighted by Gasteiger charge is 2.44. The van der Waals surface area contributed by atoms with Crippen LogP contribution >= 0.6 is 0 Å². The quantitative estimate of drug-likeness (QED) is 0.818. The molecule has 2 aliphatic rings. The maximum Gasteiger partial charge on any atom is 0.407 e. The SMILES string of the molecule is CC(C)(C)OC(=O)NC1CCC(O)CC1N1CCC(F)(F)C1. The topological polar surface area (TPSA) is 61.8 Å². The number of aliphatic hydroxyl groups excluding tert-OH is 1. The van der Waals surface area contributed by atoms with E-state index < -0.39 is 23.7 Å². The lowest BCUT2D eigenvalue weighted by Crippen LogP contribution is -2.55. The Morgan fingerprint density at radius 1 is 1.36 bits per heavy atom. The van der Waals surface area contributed by atoms with Crippen LogP contribution in [0.3, 0.4) is 0 Å². The largest absolute Gasteiger partial charge is 0.444 e. The van der Waals surface area contributed by atoms with Crippen molar-refractivity contribution in [2.45, 2.75) is 76.2 Å². The van der Waals surface area contributed by atoms with Crippen LogP contribution in [0, 0.1) is 0 Å². The number of hydrogen-bond donors (Lipinski definition) is 2. The number of alkyl carbamates (subject to hydrolysis) is 1. The van der Waals surface area contributed by atoms with E-state index >= 15 is 0 Å². The maximum atomic E-state index is 13.4. The van der Waals surface area contributed by atoms with Gasteiger partial charge in [-0.05, 0) is 40.0 Å².